The topological polar surface area (TPSA) is 149 Å². The lowest BCUT2D eigenvalue weighted by Crippen LogP contribution is -2.56. The third kappa shape index (κ3) is 8.68. The van der Waals surface area contributed by atoms with Crippen molar-refractivity contribution in [1.29, 1.82) is 0 Å². The molecule has 0 spiro atoms. The van der Waals surface area contributed by atoms with Gasteiger partial charge in [0.05, 0.1) is 24.4 Å². The van der Waals surface area contributed by atoms with Gasteiger partial charge in [0.25, 0.3) is 5.56 Å². The average molecular weight is 824 g/mol. The fourth-order valence-electron chi connectivity index (χ4n) is 8.66. The molecule has 3 fully saturated rings. The summed E-state index contributed by atoms with van der Waals surface area (Å²) in [7, 11) is 0. The van der Waals surface area contributed by atoms with Gasteiger partial charge in [0.2, 0.25) is 11.8 Å². The third-order valence-electron chi connectivity index (χ3n) is 11.9. The number of ether oxygens (including phenoxy) is 2. The average Bonchev–Trinajstić information content (AvgIpc) is 3.92. The third-order valence-corrected chi connectivity index (χ3v) is 13.3. The van der Waals surface area contributed by atoms with Crippen molar-refractivity contribution in [3.05, 3.63) is 98.3 Å². The van der Waals surface area contributed by atoms with Crippen LogP contribution in [0.1, 0.15) is 82.2 Å². The number of benzene rings is 1. The number of hydrogen-bond acceptors (Lipinski definition) is 10. The van der Waals surface area contributed by atoms with Gasteiger partial charge in [0.15, 0.2) is 0 Å². The lowest BCUT2D eigenvalue weighted by Gasteiger charge is -2.30. The molecule has 2 aliphatic carbocycles. The van der Waals surface area contributed by atoms with Crippen molar-refractivity contribution >= 4 is 46.6 Å². The molecule has 14 heteroatoms. The van der Waals surface area contributed by atoms with Crippen molar-refractivity contribution in [3.8, 4) is 22.3 Å². The van der Waals surface area contributed by atoms with E-state index in [1.807, 2.05) is 70.1 Å². The summed E-state index contributed by atoms with van der Waals surface area (Å²) in [5.74, 6) is -1.74. The molecule has 12 nitrogen and oxygen atoms in total. The first kappa shape index (κ1) is 39.7. The Morgan fingerprint density at radius 1 is 0.931 bits per heavy atom. The Kier molecular flexibility index (Phi) is 12.2. The van der Waals surface area contributed by atoms with E-state index in [0.29, 0.717) is 36.8 Å². The zero-order valence-electron chi connectivity index (χ0n) is 32.4. The Morgan fingerprint density at radius 2 is 1.69 bits per heavy atom. The number of nitrogens with zero attached hydrogens (tertiary/aromatic N) is 3. The molecular formula is C44H49N5O7S2. The number of fused-ring (bicyclic) bond motifs is 2. The van der Waals surface area contributed by atoms with E-state index in [1.165, 1.54) is 32.3 Å². The van der Waals surface area contributed by atoms with Gasteiger partial charge in [-0.15, -0.1) is 0 Å². The first-order chi connectivity index (χ1) is 28.3. The van der Waals surface area contributed by atoms with E-state index < -0.39 is 47.5 Å². The fourth-order valence-corrected chi connectivity index (χ4v) is 9.96. The van der Waals surface area contributed by atoms with E-state index in [1.54, 1.807) is 6.20 Å². The van der Waals surface area contributed by atoms with Crippen molar-refractivity contribution in [3.63, 3.8) is 0 Å². The summed E-state index contributed by atoms with van der Waals surface area (Å²) in [4.78, 5) is 72.5. The molecule has 2 N–H and O–H groups in total. The summed E-state index contributed by atoms with van der Waals surface area (Å²) >= 11 is 3.01. The Hall–Kier alpha value is -5.08. The van der Waals surface area contributed by atoms with Crippen molar-refractivity contribution in [1.82, 2.24) is 25.3 Å². The molecule has 1 aromatic carbocycles. The second-order valence-corrected chi connectivity index (χ2v) is 17.4. The van der Waals surface area contributed by atoms with E-state index >= 15 is 0 Å². The minimum atomic E-state index is -1.29. The van der Waals surface area contributed by atoms with Crippen LogP contribution in [0.25, 0.3) is 22.3 Å². The predicted molar refractivity (Wildman–Crippen MR) is 222 cm³/mol. The van der Waals surface area contributed by atoms with Crippen molar-refractivity contribution < 1.29 is 28.7 Å². The molecule has 1 unspecified atom stereocenters. The number of nitrogens with one attached hydrogen (secondary N) is 2. The zero-order chi connectivity index (χ0) is 40.1. The number of carbonyl (C=O) groups excluding carboxylic acids is 4. The van der Waals surface area contributed by atoms with Gasteiger partial charge < -0.3 is 25.0 Å². The highest BCUT2D eigenvalue weighted by Gasteiger charge is 2.62. The van der Waals surface area contributed by atoms with Crippen LogP contribution in [0.3, 0.4) is 0 Å². The van der Waals surface area contributed by atoms with Crippen molar-refractivity contribution in [2.45, 2.75) is 107 Å². The van der Waals surface area contributed by atoms with Gasteiger partial charge in [-0.3, -0.25) is 14.4 Å². The molecule has 5 atom stereocenters. The Labute approximate surface area is 345 Å². The molecule has 5 heterocycles. The SMILES string of the molecule is O=C(N[C@H]1CCCCCC=CC2C[C@@]2(C(=O)OCCc2ccccc2)NC(=O)[C@@H]2C[C@@H](n3ncc(-c4ccsc4)c(-c4ccsc4)c3=O)CN2C1=O)OC1CCCC1. The molecule has 3 aromatic heterocycles. The van der Waals surface area contributed by atoms with Gasteiger partial charge in [0, 0.05) is 30.9 Å². The Balaban J connectivity index is 1.11. The minimum Gasteiger partial charge on any atom is -0.464 e. The van der Waals surface area contributed by atoms with E-state index in [-0.39, 0.29) is 37.2 Å². The smallest absolute Gasteiger partial charge is 0.408 e. The molecule has 2 aliphatic heterocycles. The van der Waals surface area contributed by atoms with E-state index in [0.717, 1.165) is 61.6 Å². The van der Waals surface area contributed by atoms with Crippen molar-refractivity contribution in [2.24, 2.45) is 5.92 Å². The van der Waals surface area contributed by atoms with Crippen LogP contribution in [-0.4, -0.2) is 75.4 Å². The summed E-state index contributed by atoms with van der Waals surface area (Å²) in [5.41, 5.74) is 2.25. The summed E-state index contributed by atoms with van der Waals surface area (Å²) < 4.78 is 12.9. The number of amides is 3. The maximum atomic E-state index is 14.8. The van der Waals surface area contributed by atoms with Crippen LogP contribution in [0.5, 0.6) is 0 Å². The van der Waals surface area contributed by atoms with Gasteiger partial charge in [-0.25, -0.2) is 14.3 Å². The molecular weight excluding hydrogens is 775 g/mol. The van der Waals surface area contributed by atoms with E-state index in [4.69, 9.17) is 9.47 Å². The maximum absolute atomic E-state index is 14.8. The second kappa shape index (κ2) is 17.8. The van der Waals surface area contributed by atoms with Crippen LogP contribution < -0.4 is 16.2 Å². The molecule has 0 radical (unpaired) electrons. The molecule has 3 amide bonds. The summed E-state index contributed by atoms with van der Waals surface area (Å²) in [6, 6.07) is 10.9. The minimum absolute atomic E-state index is 0.00158. The Morgan fingerprint density at radius 3 is 2.45 bits per heavy atom. The molecule has 0 bridgehead atoms. The molecule has 8 rings (SSSR count). The highest BCUT2D eigenvalue weighted by Crippen LogP contribution is 2.46. The number of carbonyl (C=O) groups is 4. The number of hydrogen-bond donors (Lipinski definition) is 2. The zero-order valence-corrected chi connectivity index (χ0v) is 34.0. The first-order valence-electron chi connectivity index (χ1n) is 20.4. The number of allylic oxidation sites excluding steroid dienone is 1. The fraction of sp³-hybridized carbons (Fsp3) is 0.455. The molecule has 304 valence electrons. The maximum Gasteiger partial charge on any atom is 0.408 e. The molecule has 58 heavy (non-hydrogen) atoms. The number of alkyl carbamates (subject to hydrolysis) is 1. The molecule has 2 saturated carbocycles. The summed E-state index contributed by atoms with van der Waals surface area (Å²) in [5, 5.41) is 18.3. The predicted octanol–water partition coefficient (Wildman–Crippen LogP) is 7.06. The van der Waals surface area contributed by atoms with Crippen molar-refractivity contribution in [2.75, 3.05) is 13.2 Å². The van der Waals surface area contributed by atoms with Gasteiger partial charge in [-0.2, -0.15) is 27.8 Å². The molecule has 1 saturated heterocycles. The summed E-state index contributed by atoms with van der Waals surface area (Å²) in [6.45, 7) is 0.151. The van der Waals surface area contributed by atoms with Gasteiger partial charge >= 0.3 is 12.1 Å². The van der Waals surface area contributed by atoms with Gasteiger partial charge in [-0.1, -0.05) is 55.3 Å². The number of rotatable bonds is 9. The van der Waals surface area contributed by atoms with Gasteiger partial charge in [0.1, 0.15) is 23.7 Å². The quantitative estimate of drug-likeness (QED) is 0.135. The monoisotopic (exact) mass is 823 g/mol. The normalized spacial score (nSPS) is 25.2. The standard InChI is InChI=1S/C44H49N5O7S2/c50-39-37-23-33(49-41(52)38(31-19-22-58-28-31)35(25-45-49)30-18-21-57-27-30)26-48(37)40(51)36(46-43(54)56-34-14-9-10-15-34)16-8-3-1-2-7-13-32-24-44(32,47-39)42(53)55-20-17-29-11-5-4-6-12-29/h4-7,11-13,18-19,21-22,25,27-28,32-34,36-37H,1-3,8-10,14-17,20,23-24,26H2,(H,46,54)(H,47,50)/t32?,33-,36+,37+,44-/m1/s1. The van der Waals surface area contributed by atoms with Crippen LogP contribution in [0, 0.1) is 5.92 Å². The highest BCUT2D eigenvalue weighted by molar-refractivity contribution is 7.08. The van der Waals surface area contributed by atoms with Crippen LogP contribution in [0.15, 0.2) is 87.1 Å². The van der Waals surface area contributed by atoms with Crippen LogP contribution in [-0.2, 0) is 30.3 Å². The number of aromatic nitrogens is 2. The van der Waals surface area contributed by atoms with Gasteiger partial charge in [-0.05, 0) is 102 Å². The van der Waals surface area contributed by atoms with E-state index in [2.05, 4.69) is 21.8 Å². The van der Waals surface area contributed by atoms with Crippen LogP contribution in [0.4, 0.5) is 4.79 Å². The van der Waals surface area contributed by atoms with E-state index in [9.17, 15) is 24.0 Å². The largest absolute Gasteiger partial charge is 0.464 e. The van der Waals surface area contributed by atoms with Crippen LogP contribution in [0.2, 0.25) is 0 Å². The highest BCUT2D eigenvalue weighted by atomic mass is 32.1. The lowest BCUT2D eigenvalue weighted by molar-refractivity contribution is -0.150. The number of thiophene rings is 2. The molecule has 4 aromatic rings. The summed E-state index contributed by atoms with van der Waals surface area (Å²) in [6.07, 6.45) is 12.9. The van der Waals surface area contributed by atoms with Crippen LogP contribution >= 0.6 is 22.7 Å². The lowest BCUT2D eigenvalue weighted by atomic mass is 10.0. The first-order valence-corrected chi connectivity index (χ1v) is 22.3. The molecule has 4 aliphatic rings. The Bertz CT molecular complexity index is 2170. The second-order valence-electron chi connectivity index (χ2n) is 15.8. The number of esters is 1.